The number of hydrogen-bond donors (Lipinski definition) is 2. The van der Waals surface area contributed by atoms with Crippen LogP contribution in [-0.2, 0) is 6.54 Å². The monoisotopic (exact) mass is 233 g/mol. The van der Waals surface area contributed by atoms with Crippen LogP contribution >= 0.6 is 0 Å². The van der Waals surface area contributed by atoms with Gasteiger partial charge in [-0.15, -0.1) is 0 Å². The maximum atomic E-state index is 13.1. The van der Waals surface area contributed by atoms with Gasteiger partial charge < -0.3 is 10.4 Å². The fraction of sp³-hybridized carbons (Fsp3) is 0.455. The van der Waals surface area contributed by atoms with Crippen molar-refractivity contribution in [3.8, 4) is 0 Å². The van der Waals surface area contributed by atoms with Gasteiger partial charge in [0.05, 0.1) is 5.60 Å². The summed E-state index contributed by atoms with van der Waals surface area (Å²) in [6.07, 6.45) is 0. The summed E-state index contributed by atoms with van der Waals surface area (Å²) in [7, 11) is 0. The van der Waals surface area contributed by atoms with E-state index in [1.165, 1.54) is 0 Å². The summed E-state index contributed by atoms with van der Waals surface area (Å²) in [6, 6.07) is 1.32. The van der Waals surface area contributed by atoms with Crippen molar-refractivity contribution in [2.24, 2.45) is 0 Å². The molecule has 0 aromatic heterocycles. The quantitative estimate of drug-likeness (QED) is 0.779. The minimum atomic E-state index is -1.20. The molecule has 0 aliphatic carbocycles. The zero-order valence-electron chi connectivity index (χ0n) is 9.15. The van der Waals surface area contributed by atoms with Crippen LogP contribution in [0.4, 0.5) is 13.2 Å². The summed E-state index contributed by atoms with van der Waals surface area (Å²) >= 11 is 0. The topological polar surface area (TPSA) is 32.3 Å². The van der Waals surface area contributed by atoms with Crippen molar-refractivity contribution in [3.05, 3.63) is 35.1 Å². The van der Waals surface area contributed by atoms with Gasteiger partial charge in [0, 0.05) is 24.7 Å². The summed E-state index contributed by atoms with van der Waals surface area (Å²) in [5, 5.41) is 12.1. The molecule has 2 N–H and O–H groups in total. The molecule has 0 aliphatic heterocycles. The van der Waals surface area contributed by atoms with Crippen LogP contribution in [0.15, 0.2) is 12.1 Å². The van der Waals surface area contributed by atoms with Gasteiger partial charge in [-0.2, -0.15) is 0 Å². The van der Waals surface area contributed by atoms with Gasteiger partial charge in [0.1, 0.15) is 5.82 Å². The summed E-state index contributed by atoms with van der Waals surface area (Å²) in [4.78, 5) is 0. The first kappa shape index (κ1) is 13.0. The van der Waals surface area contributed by atoms with Crippen molar-refractivity contribution in [1.29, 1.82) is 0 Å². The summed E-state index contributed by atoms with van der Waals surface area (Å²) < 4.78 is 38.5. The second-order valence-corrected chi connectivity index (χ2v) is 4.27. The molecular formula is C11H14F3NO. The van der Waals surface area contributed by atoms with E-state index in [0.717, 1.165) is 6.07 Å². The highest BCUT2D eigenvalue weighted by atomic mass is 19.2. The van der Waals surface area contributed by atoms with Crippen molar-refractivity contribution < 1.29 is 18.3 Å². The summed E-state index contributed by atoms with van der Waals surface area (Å²) in [5.41, 5.74) is -0.905. The number of hydrogen-bond acceptors (Lipinski definition) is 2. The smallest absolute Gasteiger partial charge is 0.161 e. The Balaban J connectivity index is 2.64. The largest absolute Gasteiger partial charge is 0.389 e. The van der Waals surface area contributed by atoms with Crippen LogP contribution in [0.5, 0.6) is 0 Å². The Bertz CT molecular complexity index is 374. The van der Waals surface area contributed by atoms with Gasteiger partial charge in [-0.05, 0) is 19.9 Å². The maximum Gasteiger partial charge on any atom is 0.161 e. The van der Waals surface area contributed by atoms with Gasteiger partial charge in [-0.1, -0.05) is 0 Å². The molecule has 0 saturated heterocycles. The van der Waals surface area contributed by atoms with Gasteiger partial charge in [-0.3, -0.25) is 0 Å². The Labute approximate surface area is 92.1 Å². The number of halogens is 3. The highest BCUT2D eigenvalue weighted by Crippen LogP contribution is 2.13. The van der Waals surface area contributed by atoms with Crippen molar-refractivity contribution in [2.75, 3.05) is 6.54 Å². The van der Waals surface area contributed by atoms with E-state index in [-0.39, 0.29) is 18.7 Å². The van der Waals surface area contributed by atoms with Crippen molar-refractivity contribution in [1.82, 2.24) is 5.32 Å². The molecule has 16 heavy (non-hydrogen) atoms. The van der Waals surface area contributed by atoms with Crippen LogP contribution in [0.25, 0.3) is 0 Å². The number of benzene rings is 1. The van der Waals surface area contributed by atoms with E-state index in [1.807, 2.05) is 0 Å². The lowest BCUT2D eigenvalue weighted by molar-refractivity contribution is 0.0794. The first-order chi connectivity index (χ1) is 7.29. The normalized spacial score (nSPS) is 11.9. The fourth-order valence-electron chi connectivity index (χ4n) is 1.20. The predicted molar refractivity (Wildman–Crippen MR) is 54.3 cm³/mol. The van der Waals surface area contributed by atoms with E-state index < -0.39 is 23.1 Å². The first-order valence-electron chi connectivity index (χ1n) is 4.86. The summed E-state index contributed by atoms with van der Waals surface area (Å²) in [6.45, 7) is 3.43. The zero-order valence-corrected chi connectivity index (χ0v) is 9.15. The Morgan fingerprint density at radius 3 is 2.25 bits per heavy atom. The average molecular weight is 233 g/mol. The van der Waals surface area contributed by atoms with E-state index in [9.17, 15) is 18.3 Å². The SMILES string of the molecule is CC(C)(O)CNCc1cc(F)c(F)cc1F. The Morgan fingerprint density at radius 1 is 1.12 bits per heavy atom. The molecule has 0 aliphatic rings. The minimum Gasteiger partial charge on any atom is -0.389 e. The highest BCUT2D eigenvalue weighted by molar-refractivity contribution is 5.19. The lowest BCUT2D eigenvalue weighted by atomic mass is 10.1. The molecule has 2 nitrogen and oxygen atoms in total. The minimum absolute atomic E-state index is 0.0307. The summed E-state index contributed by atoms with van der Waals surface area (Å²) in [5.74, 6) is -3.09. The Hall–Kier alpha value is -1.07. The molecule has 0 saturated carbocycles. The molecule has 0 atom stereocenters. The van der Waals surface area contributed by atoms with Gasteiger partial charge in [0.25, 0.3) is 0 Å². The van der Waals surface area contributed by atoms with Crippen LogP contribution in [0, 0.1) is 17.5 Å². The molecule has 0 heterocycles. The molecule has 0 unspecified atom stereocenters. The van der Waals surface area contributed by atoms with Crippen LogP contribution in [-0.4, -0.2) is 17.3 Å². The first-order valence-corrected chi connectivity index (χ1v) is 4.86. The predicted octanol–water partition coefficient (Wildman–Crippen LogP) is 1.96. The highest BCUT2D eigenvalue weighted by Gasteiger charge is 2.13. The molecule has 1 rings (SSSR count). The van der Waals surface area contributed by atoms with Crippen LogP contribution in [0.3, 0.4) is 0 Å². The molecule has 1 aromatic rings. The van der Waals surface area contributed by atoms with Gasteiger partial charge in [-0.25, -0.2) is 13.2 Å². The van der Waals surface area contributed by atoms with Crippen LogP contribution in [0.2, 0.25) is 0 Å². The molecule has 90 valence electrons. The molecular weight excluding hydrogens is 219 g/mol. The van der Waals surface area contributed by atoms with E-state index in [4.69, 9.17) is 0 Å². The second-order valence-electron chi connectivity index (χ2n) is 4.27. The lowest BCUT2D eigenvalue weighted by Gasteiger charge is -2.17. The van der Waals surface area contributed by atoms with Gasteiger partial charge in [0.2, 0.25) is 0 Å². The molecule has 0 radical (unpaired) electrons. The van der Waals surface area contributed by atoms with Crippen LogP contribution < -0.4 is 5.32 Å². The Morgan fingerprint density at radius 2 is 1.69 bits per heavy atom. The zero-order chi connectivity index (χ0) is 12.3. The molecule has 0 spiro atoms. The lowest BCUT2D eigenvalue weighted by Crippen LogP contribution is -2.34. The maximum absolute atomic E-state index is 13.1. The average Bonchev–Trinajstić information content (AvgIpc) is 2.11. The molecule has 0 amide bonds. The van der Waals surface area contributed by atoms with Gasteiger partial charge >= 0.3 is 0 Å². The van der Waals surface area contributed by atoms with Crippen molar-refractivity contribution in [2.45, 2.75) is 26.0 Å². The van der Waals surface area contributed by atoms with Gasteiger partial charge in [0.15, 0.2) is 11.6 Å². The van der Waals surface area contributed by atoms with E-state index in [0.29, 0.717) is 6.07 Å². The number of aliphatic hydroxyl groups is 1. The standard InChI is InChI=1S/C11H14F3NO/c1-11(2,16)6-15-5-7-3-9(13)10(14)4-8(7)12/h3-4,15-16H,5-6H2,1-2H3. The van der Waals surface area contributed by atoms with E-state index in [2.05, 4.69) is 5.32 Å². The van der Waals surface area contributed by atoms with Crippen molar-refractivity contribution >= 4 is 0 Å². The van der Waals surface area contributed by atoms with E-state index in [1.54, 1.807) is 13.8 Å². The van der Waals surface area contributed by atoms with Crippen molar-refractivity contribution in [3.63, 3.8) is 0 Å². The van der Waals surface area contributed by atoms with Crippen LogP contribution in [0.1, 0.15) is 19.4 Å². The fourth-order valence-corrected chi connectivity index (χ4v) is 1.20. The molecule has 1 aromatic carbocycles. The second kappa shape index (κ2) is 4.84. The number of rotatable bonds is 4. The number of nitrogens with one attached hydrogen (secondary N) is 1. The Kier molecular flexibility index (Phi) is 3.93. The third-order valence-electron chi connectivity index (χ3n) is 1.96. The third-order valence-corrected chi connectivity index (χ3v) is 1.96. The third kappa shape index (κ3) is 3.83. The van der Waals surface area contributed by atoms with E-state index >= 15 is 0 Å². The molecule has 0 bridgehead atoms. The molecule has 5 heteroatoms. The molecule has 0 fully saturated rings.